The summed E-state index contributed by atoms with van der Waals surface area (Å²) in [5.41, 5.74) is 2.21. The van der Waals surface area contributed by atoms with Gasteiger partial charge >= 0.3 is 6.09 Å². The summed E-state index contributed by atoms with van der Waals surface area (Å²) in [6.45, 7) is 5.47. The number of hydrogen-bond donors (Lipinski definition) is 0. The Hall–Kier alpha value is -2.21. The van der Waals surface area contributed by atoms with E-state index >= 15 is 0 Å². The smallest absolute Gasteiger partial charge is 0.435 e. The number of pyridine rings is 1. The number of aromatic nitrogens is 3. The van der Waals surface area contributed by atoms with E-state index in [1.54, 1.807) is 12.1 Å². The summed E-state index contributed by atoms with van der Waals surface area (Å²) in [6.07, 6.45) is -0.520. The molecular weight excluding hydrogens is 358 g/mol. The SMILES string of the molecule is CC(C)(C)OC(=O)n1nc(-c2ccccc2)c2nc(Br)ccc21. The molecule has 6 heteroatoms. The third-order valence-electron chi connectivity index (χ3n) is 3.11. The zero-order valence-corrected chi connectivity index (χ0v) is 14.7. The first-order valence-electron chi connectivity index (χ1n) is 7.19. The molecule has 0 aliphatic heterocycles. The first kappa shape index (κ1) is 15.7. The van der Waals surface area contributed by atoms with E-state index in [1.165, 1.54) is 4.68 Å². The molecule has 0 amide bonds. The van der Waals surface area contributed by atoms with Gasteiger partial charge in [0.2, 0.25) is 0 Å². The van der Waals surface area contributed by atoms with E-state index < -0.39 is 11.7 Å². The molecule has 3 aromatic rings. The summed E-state index contributed by atoms with van der Waals surface area (Å²) in [6, 6.07) is 13.2. The van der Waals surface area contributed by atoms with Crippen LogP contribution in [0.3, 0.4) is 0 Å². The fourth-order valence-electron chi connectivity index (χ4n) is 2.21. The normalized spacial score (nSPS) is 11.7. The molecule has 0 unspecified atom stereocenters. The Bertz CT molecular complexity index is 867. The molecule has 0 bridgehead atoms. The van der Waals surface area contributed by atoms with E-state index in [9.17, 15) is 4.79 Å². The Morgan fingerprint density at radius 1 is 1.13 bits per heavy atom. The number of hydrogen-bond acceptors (Lipinski definition) is 4. The molecule has 3 rings (SSSR count). The van der Waals surface area contributed by atoms with Crippen LogP contribution in [0.25, 0.3) is 22.3 Å². The van der Waals surface area contributed by atoms with Crippen molar-refractivity contribution in [1.29, 1.82) is 0 Å². The van der Waals surface area contributed by atoms with Crippen LogP contribution in [0, 0.1) is 0 Å². The molecule has 0 fully saturated rings. The summed E-state index contributed by atoms with van der Waals surface area (Å²) < 4.78 is 7.39. The molecule has 5 nitrogen and oxygen atoms in total. The molecule has 0 N–H and O–H groups in total. The molecular formula is C17H16BrN3O2. The van der Waals surface area contributed by atoms with Crippen LogP contribution in [-0.4, -0.2) is 26.5 Å². The molecule has 1 aromatic carbocycles. The molecule has 0 spiro atoms. The van der Waals surface area contributed by atoms with E-state index in [-0.39, 0.29) is 0 Å². The van der Waals surface area contributed by atoms with Crippen molar-refractivity contribution in [3.8, 4) is 11.3 Å². The molecule has 23 heavy (non-hydrogen) atoms. The minimum atomic E-state index is -0.592. The van der Waals surface area contributed by atoms with Crippen LogP contribution in [0.5, 0.6) is 0 Å². The number of nitrogens with zero attached hydrogens (tertiary/aromatic N) is 3. The van der Waals surface area contributed by atoms with Gasteiger partial charge in [-0.3, -0.25) is 0 Å². The van der Waals surface area contributed by atoms with Gasteiger partial charge in [0.25, 0.3) is 0 Å². The zero-order valence-electron chi connectivity index (χ0n) is 13.1. The molecule has 0 saturated heterocycles. The lowest BCUT2D eigenvalue weighted by atomic mass is 10.1. The van der Waals surface area contributed by atoms with E-state index in [1.807, 2.05) is 51.1 Å². The summed E-state index contributed by atoms with van der Waals surface area (Å²) in [7, 11) is 0. The van der Waals surface area contributed by atoms with Crippen molar-refractivity contribution < 1.29 is 9.53 Å². The van der Waals surface area contributed by atoms with Gasteiger partial charge in [-0.1, -0.05) is 30.3 Å². The molecule has 2 heterocycles. The van der Waals surface area contributed by atoms with Gasteiger partial charge < -0.3 is 4.74 Å². The van der Waals surface area contributed by atoms with Crippen LogP contribution < -0.4 is 0 Å². The van der Waals surface area contributed by atoms with Crippen molar-refractivity contribution in [2.24, 2.45) is 0 Å². The second kappa shape index (κ2) is 5.77. The number of carbonyl (C=O) groups is 1. The minimum absolute atomic E-state index is 0.520. The highest BCUT2D eigenvalue weighted by molar-refractivity contribution is 9.10. The standard InChI is InChI=1S/C17H16BrN3O2/c1-17(2,3)23-16(22)21-12-9-10-13(18)19-15(12)14(20-21)11-7-5-4-6-8-11/h4-10H,1-3H3. The van der Waals surface area contributed by atoms with Gasteiger partial charge in [-0.2, -0.15) is 9.78 Å². The van der Waals surface area contributed by atoms with Gasteiger partial charge in [0, 0.05) is 5.56 Å². The predicted octanol–water partition coefficient (Wildman–Crippen LogP) is 4.64. The van der Waals surface area contributed by atoms with Crippen molar-refractivity contribution in [2.75, 3.05) is 0 Å². The van der Waals surface area contributed by atoms with E-state index in [0.717, 1.165) is 5.56 Å². The highest BCUT2D eigenvalue weighted by Gasteiger charge is 2.23. The fraction of sp³-hybridized carbons (Fsp3) is 0.235. The second-order valence-electron chi connectivity index (χ2n) is 6.11. The zero-order chi connectivity index (χ0) is 16.6. The number of carbonyl (C=O) groups excluding carboxylic acids is 1. The van der Waals surface area contributed by atoms with Crippen molar-refractivity contribution in [3.05, 3.63) is 47.1 Å². The maximum atomic E-state index is 12.4. The number of halogens is 1. The second-order valence-corrected chi connectivity index (χ2v) is 6.92. The largest absolute Gasteiger partial charge is 0.442 e. The van der Waals surface area contributed by atoms with Crippen molar-refractivity contribution in [1.82, 2.24) is 14.8 Å². The topological polar surface area (TPSA) is 57.0 Å². The van der Waals surface area contributed by atoms with Crippen molar-refractivity contribution in [2.45, 2.75) is 26.4 Å². The van der Waals surface area contributed by atoms with Gasteiger partial charge in [-0.15, -0.1) is 0 Å². The van der Waals surface area contributed by atoms with Crippen LogP contribution in [0.2, 0.25) is 0 Å². The average Bonchev–Trinajstić information content (AvgIpc) is 2.85. The highest BCUT2D eigenvalue weighted by atomic mass is 79.9. The van der Waals surface area contributed by atoms with Gasteiger partial charge in [0.05, 0.1) is 5.52 Å². The Labute approximate surface area is 142 Å². The summed E-state index contributed by atoms with van der Waals surface area (Å²) in [4.78, 5) is 16.9. The van der Waals surface area contributed by atoms with Crippen LogP contribution in [0.4, 0.5) is 4.79 Å². The average molecular weight is 374 g/mol. The molecule has 0 aliphatic carbocycles. The molecule has 118 valence electrons. The highest BCUT2D eigenvalue weighted by Crippen LogP contribution is 2.28. The lowest BCUT2D eigenvalue weighted by Gasteiger charge is -2.19. The number of rotatable bonds is 1. The predicted molar refractivity (Wildman–Crippen MR) is 92.3 cm³/mol. The number of fused-ring (bicyclic) bond motifs is 1. The van der Waals surface area contributed by atoms with Crippen molar-refractivity contribution >= 4 is 33.1 Å². The van der Waals surface area contributed by atoms with E-state index in [2.05, 4.69) is 26.0 Å². The first-order chi connectivity index (χ1) is 10.8. The quantitative estimate of drug-likeness (QED) is 0.582. The fourth-order valence-corrected chi connectivity index (χ4v) is 2.52. The minimum Gasteiger partial charge on any atom is -0.442 e. The maximum Gasteiger partial charge on any atom is 0.435 e. The lowest BCUT2D eigenvalue weighted by Crippen LogP contribution is -2.27. The Morgan fingerprint density at radius 2 is 1.83 bits per heavy atom. The van der Waals surface area contributed by atoms with Crippen LogP contribution in [0.1, 0.15) is 20.8 Å². The van der Waals surface area contributed by atoms with E-state index in [0.29, 0.717) is 21.3 Å². The van der Waals surface area contributed by atoms with Gasteiger partial charge in [0.15, 0.2) is 0 Å². The first-order valence-corrected chi connectivity index (χ1v) is 7.98. The third-order valence-corrected chi connectivity index (χ3v) is 3.55. The van der Waals surface area contributed by atoms with Gasteiger partial charge in [0.1, 0.15) is 21.4 Å². The van der Waals surface area contributed by atoms with Gasteiger partial charge in [-0.25, -0.2) is 9.78 Å². The summed E-state index contributed by atoms with van der Waals surface area (Å²) >= 11 is 3.37. The molecule has 0 aliphatic rings. The third kappa shape index (κ3) is 3.27. The monoisotopic (exact) mass is 373 g/mol. The molecule has 0 radical (unpaired) electrons. The van der Waals surface area contributed by atoms with E-state index in [4.69, 9.17) is 4.74 Å². The van der Waals surface area contributed by atoms with Crippen LogP contribution in [0.15, 0.2) is 47.1 Å². The molecule has 2 aromatic heterocycles. The maximum absolute atomic E-state index is 12.4. The Morgan fingerprint density at radius 3 is 2.48 bits per heavy atom. The van der Waals surface area contributed by atoms with Crippen LogP contribution >= 0.6 is 15.9 Å². The molecule has 0 saturated carbocycles. The number of benzene rings is 1. The Kier molecular flexibility index (Phi) is 3.93. The lowest BCUT2D eigenvalue weighted by molar-refractivity contribution is 0.0523. The Balaban J connectivity index is 2.19. The van der Waals surface area contributed by atoms with Crippen molar-refractivity contribution in [3.63, 3.8) is 0 Å². The number of ether oxygens (including phenoxy) is 1. The summed E-state index contributed by atoms with van der Waals surface area (Å²) in [5, 5.41) is 4.44. The van der Waals surface area contributed by atoms with Crippen LogP contribution in [-0.2, 0) is 4.74 Å². The summed E-state index contributed by atoms with van der Waals surface area (Å²) in [5.74, 6) is 0. The molecule has 0 atom stereocenters. The van der Waals surface area contributed by atoms with Gasteiger partial charge in [-0.05, 0) is 48.8 Å².